The lowest BCUT2D eigenvalue weighted by Gasteiger charge is -2.33. The number of nitrogens with zero attached hydrogens (tertiary/aromatic N) is 4. The number of halogens is 4. The molecule has 7 nitrogen and oxygen atoms in total. The van der Waals surface area contributed by atoms with E-state index in [9.17, 15) is 18.0 Å². The second-order valence-electron chi connectivity index (χ2n) is 12.8. The zero-order chi connectivity index (χ0) is 33.3. The molecule has 246 valence electrons. The molecule has 0 unspecified atom stereocenters. The number of aromatic nitrogens is 2. The van der Waals surface area contributed by atoms with E-state index >= 15 is 4.39 Å². The molecule has 1 aliphatic heterocycles. The predicted molar refractivity (Wildman–Crippen MR) is 174 cm³/mol. The fourth-order valence-electron chi connectivity index (χ4n) is 5.76. The highest BCUT2D eigenvalue weighted by atomic mass is 19.4. The number of allylic oxidation sites excluding steroid dienone is 1. The maximum atomic E-state index is 15.6. The Morgan fingerprint density at radius 3 is 2.40 bits per heavy atom. The van der Waals surface area contributed by atoms with Crippen LogP contribution >= 0.6 is 0 Å². The summed E-state index contributed by atoms with van der Waals surface area (Å²) in [4.78, 5) is 25.1. The molecule has 2 aromatic carbocycles. The van der Waals surface area contributed by atoms with Crippen LogP contribution in [0.25, 0.3) is 5.70 Å². The number of anilines is 2. The van der Waals surface area contributed by atoms with Crippen LogP contribution in [-0.2, 0) is 17.5 Å². The van der Waals surface area contributed by atoms with Crippen molar-refractivity contribution in [1.82, 2.24) is 19.8 Å². The van der Waals surface area contributed by atoms with Gasteiger partial charge in [0.15, 0.2) is 5.82 Å². The summed E-state index contributed by atoms with van der Waals surface area (Å²) in [6.07, 6.45) is 1.08. The zero-order valence-electron chi connectivity index (χ0n) is 26.8. The maximum Gasteiger partial charge on any atom is 0.416 e. The number of hydrogen-bond acceptors (Lipinski definition) is 6. The monoisotopic (exact) mass is 646 g/mol. The van der Waals surface area contributed by atoms with Crippen molar-refractivity contribution in [2.45, 2.75) is 58.7 Å². The summed E-state index contributed by atoms with van der Waals surface area (Å²) in [6.45, 7) is 6.75. The van der Waals surface area contributed by atoms with Crippen molar-refractivity contribution in [3.8, 4) is 11.8 Å². The van der Waals surface area contributed by atoms with E-state index in [1.165, 1.54) is 18.3 Å². The first-order valence-electron chi connectivity index (χ1n) is 16.0. The maximum absolute atomic E-state index is 15.6. The van der Waals surface area contributed by atoms with Gasteiger partial charge in [0.25, 0.3) is 0 Å². The number of alkyl halides is 3. The van der Waals surface area contributed by atoms with Crippen LogP contribution in [-0.4, -0.2) is 58.9 Å². The smallest absolute Gasteiger partial charge is 0.355 e. The number of carbonyl (C=O) groups excluding carboxylic acids is 1. The lowest BCUT2D eigenvalue weighted by molar-refractivity contribution is -0.138. The lowest BCUT2D eigenvalue weighted by Crippen LogP contribution is -2.44. The molecule has 6 rings (SSSR count). The van der Waals surface area contributed by atoms with Gasteiger partial charge in [-0.1, -0.05) is 12.0 Å². The van der Waals surface area contributed by atoms with Crippen molar-refractivity contribution in [1.29, 1.82) is 0 Å². The van der Waals surface area contributed by atoms with Crippen molar-refractivity contribution in [2.24, 2.45) is 5.92 Å². The molecule has 47 heavy (non-hydrogen) atoms. The lowest BCUT2D eigenvalue weighted by atomic mass is 9.87. The minimum Gasteiger partial charge on any atom is -0.355 e. The minimum absolute atomic E-state index is 0.0406. The van der Waals surface area contributed by atoms with Crippen molar-refractivity contribution in [2.75, 3.05) is 43.9 Å². The van der Waals surface area contributed by atoms with Crippen molar-refractivity contribution < 1.29 is 22.4 Å². The molecule has 0 bridgehead atoms. The number of likely N-dealkylation sites (N-methyl/N-ethyl adjacent to an activating group) is 1. The van der Waals surface area contributed by atoms with Gasteiger partial charge in [0.05, 0.1) is 17.5 Å². The Kier molecular flexibility index (Phi) is 9.35. The highest BCUT2D eigenvalue weighted by molar-refractivity contribution is 5.93. The van der Waals surface area contributed by atoms with Crippen LogP contribution in [0.15, 0.2) is 42.1 Å². The van der Waals surface area contributed by atoms with Crippen LogP contribution < -0.4 is 10.6 Å². The van der Waals surface area contributed by atoms with Gasteiger partial charge in [-0.3, -0.25) is 9.69 Å². The molecule has 2 saturated carbocycles. The van der Waals surface area contributed by atoms with E-state index in [-0.39, 0.29) is 35.2 Å². The topological polar surface area (TPSA) is 73.4 Å². The molecule has 3 fully saturated rings. The molecule has 1 amide bonds. The first kappa shape index (κ1) is 32.7. The minimum atomic E-state index is -4.54. The third-order valence-electron chi connectivity index (χ3n) is 9.03. The Hall–Kier alpha value is -4.27. The van der Waals surface area contributed by atoms with Gasteiger partial charge < -0.3 is 15.5 Å². The summed E-state index contributed by atoms with van der Waals surface area (Å²) >= 11 is 0. The number of hydrogen-bond donors (Lipinski definition) is 2. The first-order valence-corrected chi connectivity index (χ1v) is 16.0. The van der Waals surface area contributed by atoms with Crippen LogP contribution in [0, 0.1) is 37.4 Å². The molecule has 2 aliphatic carbocycles. The Morgan fingerprint density at radius 2 is 1.77 bits per heavy atom. The largest absolute Gasteiger partial charge is 0.416 e. The quantitative estimate of drug-likeness (QED) is 0.219. The van der Waals surface area contributed by atoms with Gasteiger partial charge in [-0.25, -0.2) is 14.4 Å². The summed E-state index contributed by atoms with van der Waals surface area (Å²) in [7, 11) is 2.01. The van der Waals surface area contributed by atoms with Crippen LogP contribution in [0.1, 0.15) is 71.3 Å². The first-order chi connectivity index (χ1) is 22.4. The van der Waals surface area contributed by atoms with E-state index in [0.717, 1.165) is 56.8 Å². The average molecular weight is 647 g/mol. The van der Waals surface area contributed by atoms with Crippen LogP contribution in [0.3, 0.4) is 0 Å². The fraction of sp³-hybridized carbons (Fsp3) is 0.417. The normalized spacial score (nSPS) is 17.0. The van der Waals surface area contributed by atoms with E-state index < -0.39 is 17.6 Å². The molecular formula is C36H38F4N6O. The van der Waals surface area contributed by atoms with Crippen molar-refractivity contribution in [3.63, 3.8) is 0 Å². The summed E-state index contributed by atoms with van der Waals surface area (Å²) in [6, 6.07) is 7.34. The van der Waals surface area contributed by atoms with E-state index in [1.807, 2.05) is 11.9 Å². The SMILES string of the molecule is Cc1cc(F)c(C(Nc2ccc(CN3CCN(C)CC3)c(C(F)(F)F)c2)=C2CCC2)cc1C#Cc1cnc(NC(=O)C2CC2)c(C)n1. The van der Waals surface area contributed by atoms with Gasteiger partial charge in [0, 0.05) is 61.2 Å². The molecular weight excluding hydrogens is 608 g/mol. The molecule has 2 N–H and O–H groups in total. The molecule has 2 heterocycles. The molecule has 3 aromatic rings. The standard InChI is InChI=1S/C36H38F4N6O/c1-22-17-32(37)30(18-26(22)9-12-29-20-41-34(23(2)42-29)44-35(47)25-7-8-25)33(24-5-4-6-24)43-28-11-10-27(31(19-28)36(38,39)40)21-46-15-13-45(3)14-16-46/h10-11,17-20,25,43H,4-8,13-16,21H2,1-3H3,(H,41,44,47). The molecule has 0 radical (unpaired) electrons. The predicted octanol–water partition coefficient (Wildman–Crippen LogP) is 6.75. The molecule has 0 atom stereocenters. The van der Waals surface area contributed by atoms with Crippen molar-refractivity contribution in [3.05, 3.63) is 87.1 Å². The van der Waals surface area contributed by atoms with E-state index in [1.54, 1.807) is 26.0 Å². The van der Waals surface area contributed by atoms with Gasteiger partial charge in [0.2, 0.25) is 5.91 Å². The second-order valence-corrected chi connectivity index (χ2v) is 12.8. The highest BCUT2D eigenvalue weighted by Crippen LogP contribution is 2.39. The van der Waals surface area contributed by atoms with Gasteiger partial charge in [-0.15, -0.1) is 0 Å². The number of aryl methyl sites for hydroxylation is 2. The van der Waals surface area contributed by atoms with E-state index in [0.29, 0.717) is 47.1 Å². The Balaban J connectivity index is 1.26. The summed E-state index contributed by atoms with van der Waals surface area (Å²) in [5, 5.41) is 5.97. The summed E-state index contributed by atoms with van der Waals surface area (Å²) in [5.74, 6) is 5.96. The summed E-state index contributed by atoms with van der Waals surface area (Å²) < 4.78 is 58.5. The van der Waals surface area contributed by atoms with Gasteiger partial charge in [-0.2, -0.15) is 13.2 Å². The van der Waals surface area contributed by atoms with Gasteiger partial charge in [0.1, 0.15) is 11.5 Å². The number of piperazine rings is 1. The number of nitrogens with one attached hydrogen (secondary N) is 2. The summed E-state index contributed by atoms with van der Waals surface area (Å²) in [5.41, 5.74) is 3.57. The Labute approximate surface area is 272 Å². The van der Waals surface area contributed by atoms with E-state index in [4.69, 9.17) is 0 Å². The highest BCUT2D eigenvalue weighted by Gasteiger charge is 2.34. The Morgan fingerprint density at radius 1 is 1.02 bits per heavy atom. The number of amides is 1. The molecule has 0 spiro atoms. The van der Waals surface area contributed by atoms with Gasteiger partial charge in [-0.05, 0) is 99.9 Å². The molecule has 11 heteroatoms. The number of rotatable bonds is 7. The Bertz CT molecular complexity index is 1770. The van der Waals surface area contributed by atoms with Crippen LogP contribution in [0.2, 0.25) is 0 Å². The van der Waals surface area contributed by atoms with Crippen LogP contribution in [0.4, 0.5) is 29.1 Å². The molecule has 1 aromatic heterocycles. The fourth-order valence-corrected chi connectivity index (χ4v) is 5.76. The third-order valence-corrected chi connectivity index (χ3v) is 9.03. The zero-order valence-corrected chi connectivity index (χ0v) is 26.8. The third kappa shape index (κ3) is 7.83. The molecule has 3 aliphatic rings. The molecule has 1 saturated heterocycles. The average Bonchev–Trinajstić information content (AvgIpc) is 3.84. The second kappa shape index (κ2) is 13.5. The van der Waals surface area contributed by atoms with Crippen LogP contribution in [0.5, 0.6) is 0 Å². The van der Waals surface area contributed by atoms with Crippen molar-refractivity contribution >= 4 is 23.1 Å². The number of benzene rings is 2. The van der Waals surface area contributed by atoms with Gasteiger partial charge >= 0.3 is 6.18 Å². The van der Waals surface area contributed by atoms with E-state index in [2.05, 4.69) is 37.3 Å². The number of carbonyl (C=O) groups is 1.